The predicted molar refractivity (Wildman–Crippen MR) is 104 cm³/mol. The molecular formula is C22H28O5. The lowest BCUT2D eigenvalue weighted by molar-refractivity contribution is -0.0792. The number of methoxy groups -OCH3 is 1. The highest BCUT2D eigenvalue weighted by Gasteiger charge is 2.13. The van der Waals surface area contributed by atoms with Crippen LogP contribution in [0.15, 0.2) is 48.5 Å². The first-order valence-electron chi connectivity index (χ1n) is 9.23. The maximum atomic E-state index is 11.8. The van der Waals surface area contributed by atoms with Gasteiger partial charge in [0, 0.05) is 0 Å². The zero-order chi connectivity index (χ0) is 19.6. The van der Waals surface area contributed by atoms with E-state index in [9.17, 15) is 4.79 Å². The minimum absolute atomic E-state index is 0.158. The number of esters is 1. The zero-order valence-electron chi connectivity index (χ0n) is 16.4. The first kappa shape index (κ1) is 20.8. The molecule has 0 bridgehead atoms. The molecule has 0 aliphatic carbocycles. The molecule has 2 aromatic rings. The lowest BCUT2D eigenvalue weighted by Crippen LogP contribution is -2.20. The van der Waals surface area contributed by atoms with Crippen molar-refractivity contribution >= 4 is 5.97 Å². The molecule has 0 aliphatic rings. The van der Waals surface area contributed by atoms with Gasteiger partial charge in [0.05, 0.1) is 19.3 Å². The van der Waals surface area contributed by atoms with E-state index in [-0.39, 0.29) is 19.2 Å². The Labute approximate surface area is 161 Å². The molecule has 0 amide bonds. The van der Waals surface area contributed by atoms with E-state index in [2.05, 4.69) is 13.8 Å². The third-order valence-corrected chi connectivity index (χ3v) is 4.34. The molecule has 0 saturated heterocycles. The molecule has 0 aromatic heterocycles. The number of hydrogen-bond acceptors (Lipinski definition) is 5. The van der Waals surface area contributed by atoms with Gasteiger partial charge in [-0.05, 0) is 49.1 Å². The second-order valence-electron chi connectivity index (χ2n) is 6.28. The first-order valence-corrected chi connectivity index (χ1v) is 9.23. The molecule has 0 aliphatic heterocycles. The number of benzene rings is 2. The fourth-order valence-corrected chi connectivity index (χ4v) is 2.54. The third kappa shape index (κ3) is 6.29. The highest BCUT2D eigenvalue weighted by molar-refractivity contribution is 5.89. The molecule has 0 heterocycles. The average Bonchev–Trinajstić information content (AvgIpc) is 2.71. The fourth-order valence-electron chi connectivity index (χ4n) is 2.54. The Morgan fingerprint density at radius 1 is 1.00 bits per heavy atom. The van der Waals surface area contributed by atoms with Gasteiger partial charge in [0.15, 0.2) is 17.8 Å². The predicted octanol–water partition coefficient (Wildman–Crippen LogP) is 4.81. The van der Waals surface area contributed by atoms with Gasteiger partial charge in [-0.1, -0.05) is 38.1 Å². The van der Waals surface area contributed by atoms with Gasteiger partial charge in [-0.2, -0.15) is 0 Å². The monoisotopic (exact) mass is 372 g/mol. The summed E-state index contributed by atoms with van der Waals surface area (Å²) in [5, 5.41) is 0. The molecule has 2 atom stereocenters. The topological polar surface area (TPSA) is 54.0 Å². The molecule has 5 nitrogen and oxygen atoms in total. The molecule has 146 valence electrons. The van der Waals surface area contributed by atoms with Crippen LogP contribution in [0.3, 0.4) is 0 Å². The molecule has 5 heteroatoms. The van der Waals surface area contributed by atoms with E-state index in [0.29, 0.717) is 23.0 Å². The smallest absolute Gasteiger partial charge is 0.338 e. The summed E-state index contributed by atoms with van der Waals surface area (Å²) in [6.45, 7) is 6.53. The van der Waals surface area contributed by atoms with Crippen LogP contribution >= 0.6 is 0 Å². The average molecular weight is 372 g/mol. The molecule has 0 saturated carbocycles. The van der Waals surface area contributed by atoms with Crippen LogP contribution in [0.25, 0.3) is 0 Å². The van der Waals surface area contributed by atoms with Crippen molar-refractivity contribution in [1.29, 1.82) is 0 Å². The normalized spacial score (nSPS) is 12.9. The van der Waals surface area contributed by atoms with Gasteiger partial charge in [0.2, 0.25) is 0 Å². The summed E-state index contributed by atoms with van der Waals surface area (Å²) in [6.07, 6.45) is 0.564. The second-order valence-corrected chi connectivity index (χ2v) is 6.28. The Kier molecular flexibility index (Phi) is 8.14. The summed E-state index contributed by atoms with van der Waals surface area (Å²) in [5.74, 6) is 1.40. The molecule has 0 N–H and O–H groups in total. The molecule has 0 spiro atoms. The van der Waals surface area contributed by atoms with Crippen molar-refractivity contribution in [3.8, 4) is 11.5 Å². The van der Waals surface area contributed by atoms with E-state index < -0.39 is 6.29 Å². The van der Waals surface area contributed by atoms with Gasteiger partial charge in [-0.25, -0.2) is 4.79 Å². The van der Waals surface area contributed by atoms with Gasteiger partial charge in [0.1, 0.15) is 6.61 Å². The highest BCUT2D eigenvalue weighted by Crippen LogP contribution is 2.32. The highest BCUT2D eigenvalue weighted by atomic mass is 16.7. The summed E-state index contributed by atoms with van der Waals surface area (Å²) >= 11 is 0. The van der Waals surface area contributed by atoms with E-state index >= 15 is 0 Å². The van der Waals surface area contributed by atoms with E-state index in [1.165, 1.54) is 5.56 Å². The van der Waals surface area contributed by atoms with E-state index in [1.807, 2.05) is 24.3 Å². The number of carbonyl (C=O) groups excluding carboxylic acids is 1. The first-order chi connectivity index (χ1) is 13.0. The molecule has 27 heavy (non-hydrogen) atoms. The maximum absolute atomic E-state index is 11.8. The molecular weight excluding hydrogens is 344 g/mol. The van der Waals surface area contributed by atoms with Crippen LogP contribution in [-0.4, -0.2) is 32.6 Å². The minimum atomic E-state index is -0.497. The van der Waals surface area contributed by atoms with Crippen molar-refractivity contribution in [2.75, 3.05) is 20.3 Å². The quantitative estimate of drug-likeness (QED) is 0.340. The van der Waals surface area contributed by atoms with Crippen LogP contribution < -0.4 is 9.47 Å². The van der Waals surface area contributed by atoms with Crippen LogP contribution in [0.4, 0.5) is 0 Å². The number of ether oxygens (including phenoxy) is 4. The molecule has 0 fully saturated rings. The molecule has 2 aromatic carbocycles. The van der Waals surface area contributed by atoms with Crippen molar-refractivity contribution in [2.24, 2.45) is 0 Å². The Hall–Kier alpha value is -2.53. The number of carbonyl (C=O) groups is 1. The van der Waals surface area contributed by atoms with Crippen LogP contribution in [-0.2, 0) is 9.47 Å². The van der Waals surface area contributed by atoms with Gasteiger partial charge in [-0.15, -0.1) is 0 Å². The van der Waals surface area contributed by atoms with Gasteiger partial charge >= 0.3 is 5.97 Å². The second kappa shape index (κ2) is 10.6. The van der Waals surface area contributed by atoms with Crippen molar-refractivity contribution in [3.05, 3.63) is 59.7 Å². The van der Waals surface area contributed by atoms with E-state index in [4.69, 9.17) is 18.9 Å². The van der Waals surface area contributed by atoms with Crippen LogP contribution in [0, 0.1) is 0 Å². The lowest BCUT2D eigenvalue weighted by Gasteiger charge is -2.19. The van der Waals surface area contributed by atoms with E-state index in [1.54, 1.807) is 38.3 Å². The summed E-state index contributed by atoms with van der Waals surface area (Å²) < 4.78 is 22.0. The van der Waals surface area contributed by atoms with Crippen molar-refractivity contribution < 1.29 is 23.7 Å². The van der Waals surface area contributed by atoms with Crippen molar-refractivity contribution in [2.45, 2.75) is 39.4 Å². The summed E-state index contributed by atoms with van der Waals surface area (Å²) in [4.78, 5) is 11.8. The molecule has 2 unspecified atom stereocenters. The largest absolute Gasteiger partial charge is 0.493 e. The summed E-state index contributed by atoms with van der Waals surface area (Å²) in [7, 11) is 1.62. The minimum Gasteiger partial charge on any atom is -0.493 e. The van der Waals surface area contributed by atoms with Crippen molar-refractivity contribution in [1.82, 2.24) is 0 Å². The SMILES string of the molecule is CCC(C)c1ccc(OC(C)OCCOC(=O)c2ccccc2)c(OC)c1. The van der Waals surface area contributed by atoms with Gasteiger partial charge in [0.25, 0.3) is 0 Å². The van der Waals surface area contributed by atoms with Gasteiger partial charge < -0.3 is 18.9 Å². The fraction of sp³-hybridized carbons (Fsp3) is 0.409. The Morgan fingerprint density at radius 3 is 2.41 bits per heavy atom. The van der Waals surface area contributed by atoms with E-state index in [0.717, 1.165) is 6.42 Å². The number of rotatable bonds is 10. The number of hydrogen-bond donors (Lipinski definition) is 0. The lowest BCUT2D eigenvalue weighted by atomic mass is 9.98. The Balaban J connectivity index is 1.80. The third-order valence-electron chi connectivity index (χ3n) is 4.34. The molecule has 2 rings (SSSR count). The van der Waals surface area contributed by atoms with Gasteiger partial charge in [-0.3, -0.25) is 0 Å². The Bertz CT molecular complexity index is 714. The van der Waals surface area contributed by atoms with Crippen molar-refractivity contribution in [3.63, 3.8) is 0 Å². The maximum Gasteiger partial charge on any atom is 0.338 e. The Morgan fingerprint density at radius 2 is 1.74 bits per heavy atom. The van der Waals surface area contributed by atoms with Crippen LogP contribution in [0.1, 0.15) is 49.0 Å². The van der Waals surface area contributed by atoms with Crippen LogP contribution in [0.2, 0.25) is 0 Å². The van der Waals surface area contributed by atoms with Crippen LogP contribution in [0.5, 0.6) is 11.5 Å². The standard InChI is InChI=1S/C22H28O5/c1-5-16(2)19-11-12-20(21(15-19)24-4)27-17(3)25-13-14-26-22(23)18-9-7-6-8-10-18/h6-12,15-17H,5,13-14H2,1-4H3. The molecule has 0 radical (unpaired) electrons. The zero-order valence-corrected chi connectivity index (χ0v) is 16.4. The summed E-state index contributed by atoms with van der Waals surface area (Å²) in [5.41, 5.74) is 1.73. The summed E-state index contributed by atoms with van der Waals surface area (Å²) in [6, 6.07) is 14.8.